The molecule has 4 rings (SSSR count). The Morgan fingerprint density at radius 2 is 2.03 bits per heavy atom. The average molecular weight is 414 g/mol. The van der Waals surface area contributed by atoms with Crippen molar-refractivity contribution in [1.29, 1.82) is 0 Å². The van der Waals surface area contributed by atoms with Gasteiger partial charge >= 0.3 is 6.03 Å². The Morgan fingerprint density at radius 3 is 2.70 bits per heavy atom. The van der Waals surface area contributed by atoms with Gasteiger partial charge in [-0.2, -0.15) is 5.10 Å². The standard InChI is InChI=1S/C21H27FN6O2/c1-13(2)23-20(30)28-10-16-9-27(18(29)8-15-5-4-6-17(22)7-15)11-21(16,12-28)19-24-14(3)25-26-19/h4-7,13,16H,8-12H2,1-3H3,(H,23,30)(H,24,25,26)/t16-,21-/m1/s1. The summed E-state index contributed by atoms with van der Waals surface area (Å²) in [5, 5.41) is 10.2. The molecule has 30 heavy (non-hydrogen) atoms. The predicted octanol–water partition coefficient (Wildman–Crippen LogP) is 1.62. The van der Waals surface area contributed by atoms with Crippen LogP contribution in [-0.2, 0) is 16.6 Å². The van der Waals surface area contributed by atoms with Crippen LogP contribution in [0.25, 0.3) is 0 Å². The van der Waals surface area contributed by atoms with E-state index in [2.05, 4.69) is 20.5 Å². The first-order valence-corrected chi connectivity index (χ1v) is 10.2. The Morgan fingerprint density at radius 1 is 1.30 bits per heavy atom. The number of fused-ring (bicyclic) bond motifs is 1. The minimum absolute atomic E-state index is 0.0436. The first kappa shape index (κ1) is 20.3. The Hall–Kier alpha value is -2.97. The summed E-state index contributed by atoms with van der Waals surface area (Å²) >= 11 is 0. The first-order valence-electron chi connectivity index (χ1n) is 10.2. The number of amides is 3. The molecule has 0 unspecified atom stereocenters. The molecular formula is C21H27FN6O2. The number of nitrogens with one attached hydrogen (secondary N) is 2. The van der Waals surface area contributed by atoms with E-state index in [1.807, 2.05) is 20.8 Å². The highest BCUT2D eigenvalue weighted by molar-refractivity contribution is 5.80. The smallest absolute Gasteiger partial charge is 0.317 e. The Bertz CT molecular complexity index is 960. The number of aromatic amines is 1. The van der Waals surface area contributed by atoms with Gasteiger partial charge in [-0.25, -0.2) is 14.2 Å². The number of carbonyl (C=O) groups excluding carboxylic acids is 2. The molecule has 3 heterocycles. The zero-order valence-corrected chi connectivity index (χ0v) is 17.5. The lowest BCUT2D eigenvalue weighted by atomic mass is 9.80. The maximum absolute atomic E-state index is 13.5. The molecule has 2 aliphatic heterocycles. The summed E-state index contributed by atoms with van der Waals surface area (Å²) in [4.78, 5) is 33.7. The number of halogens is 1. The van der Waals surface area contributed by atoms with Crippen molar-refractivity contribution in [3.8, 4) is 0 Å². The van der Waals surface area contributed by atoms with Crippen LogP contribution >= 0.6 is 0 Å². The third kappa shape index (κ3) is 3.76. The van der Waals surface area contributed by atoms with Crippen LogP contribution in [0, 0.1) is 18.7 Å². The van der Waals surface area contributed by atoms with Crippen LogP contribution < -0.4 is 5.32 Å². The second-order valence-corrected chi connectivity index (χ2v) is 8.66. The van der Waals surface area contributed by atoms with Gasteiger partial charge in [0.1, 0.15) is 11.6 Å². The Kier molecular flexibility index (Phi) is 5.21. The number of urea groups is 1. The summed E-state index contributed by atoms with van der Waals surface area (Å²) in [6.45, 7) is 7.64. The third-order valence-corrected chi connectivity index (χ3v) is 5.95. The molecule has 2 aliphatic rings. The zero-order chi connectivity index (χ0) is 21.5. The SMILES string of the molecule is Cc1nc([C@@]23CN(C(=O)Cc4cccc(F)c4)C[C@@H]2CN(C(=O)NC(C)C)C3)n[nH]1. The molecule has 160 valence electrons. The number of aryl methyl sites for hydroxylation is 1. The van der Waals surface area contributed by atoms with Crippen LogP contribution in [0.1, 0.15) is 31.1 Å². The van der Waals surface area contributed by atoms with Gasteiger partial charge in [-0.05, 0) is 38.5 Å². The first-order chi connectivity index (χ1) is 14.3. The van der Waals surface area contributed by atoms with Crippen LogP contribution in [0.4, 0.5) is 9.18 Å². The van der Waals surface area contributed by atoms with E-state index < -0.39 is 5.41 Å². The fourth-order valence-corrected chi connectivity index (χ4v) is 4.56. The number of likely N-dealkylation sites (tertiary alicyclic amines) is 2. The minimum Gasteiger partial charge on any atom is -0.341 e. The van der Waals surface area contributed by atoms with Crippen molar-refractivity contribution >= 4 is 11.9 Å². The third-order valence-electron chi connectivity index (χ3n) is 5.95. The van der Waals surface area contributed by atoms with Crippen LogP contribution in [0.15, 0.2) is 24.3 Å². The predicted molar refractivity (Wildman–Crippen MR) is 108 cm³/mol. The molecule has 3 amide bonds. The highest BCUT2D eigenvalue weighted by Crippen LogP contribution is 2.43. The summed E-state index contributed by atoms with van der Waals surface area (Å²) in [6.07, 6.45) is 0.144. The molecule has 0 bridgehead atoms. The van der Waals surface area contributed by atoms with Crippen molar-refractivity contribution in [2.75, 3.05) is 26.2 Å². The average Bonchev–Trinajstić information content (AvgIpc) is 3.33. The van der Waals surface area contributed by atoms with E-state index in [9.17, 15) is 14.0 Å². The van der Waals surface area contributed by atoms with Crippen LogP contribution in [0.5, 0.6) is 0 Å². The zero-order valence-electron chi connectivity index (χ0n) is 17.5. The summed E-state index contributed by atoms with van der Waals surface area (Å²) in [6, 6.07) is 6.06. The number of hydrogen-bond acceptors (Lipinski definition) is 4. The molecule has 1 aromatic carbocycles. The van der Waals surface area contributed by atoms with Gasteiger partial charge in [0.05, 0.1) is 11.8 Å². The summed E-state index contributed by atoms with van der Waals surface area (Å²) in [5.74, 6) is 0.985. The van der Waals surface area contributed by atoms with Crippen molar-refractivity contribution in [2.45, 2.75) is 38.6 Å². The van der Waals surface area contributed by atoms with Crippen molar-refractivity contribution < 1.29 is 14.0 Å². The topological polar surface area (TPSA) is 94.2 Å². The van der Waals surface area contributed by atoms with Crippen molar-refractivity contribution in [1.82, 2.24) is 30.3 Å². The van der Waals surface area contributed by atoms with E-state index in [1.54, 1.807) is 21.9 Å². The maximum Gasteiger partial charge on any atom is 0.317 e. The second-order valence-electron chi connectivity index (χ2n) is 8.66. The van der Waals surface area contributed by atoms with Crippen LogP contribution in [-0.4, -0.2) is 69.1 Å². The Labute approximate surface area is 174 Å². The van der Waals surface area contributed by atoms with E-state index in [4.69, 9.17) is 0 Å². The number of hydrogen-bond donors (Lipinski definition) is 2. The molecule has 1 aromatic heterocycles. The van der Waals surface area contributed by atoms with E-state index in [0.717, 1.165) is 0 Å². The molecule has 9 heteroatoms. The van der Waals surface area contributed by atoms with E-state index in [1.165, 1.54) is 12.1 Å². The van der Waals surface area contributed by atoms with Crippen molar-refractivity contribution in [3.05, 3.63) is 47.3 Å². The fourth-order valence-electron chi connectivity index (χ4n) is 4.56. The molecule has 8 nitrogen and oxygen atoms in total. The molecule has 0 aliphatic carbocycles. The number of aromatic nitrogens is 3. The molecule has 0 radical (unpaired) electrons. The van der Waals surface area contributed by atoms with Crippen molar-refractivity contribution in [3.63, 3.8) is 0 Å². The fraction of sp³-hybridized carbons (Fsp3) is 0.524. The number of carbonyl (C=O) groups is 2. The molecule has 0 saturated carbocycles. The van der Waals surface area contributed by atoms with Crippen LogP contribution in [0.2, 0.25) is 0 Å². The highest BCUT2D eigenvalue weighted by atomic mass is 19.1. The minimum atomic E-state index is -0.503. The molecule has 2 fully saturated rings. The summed E-state index contributed by atoms with van der Waals surface area (Å²) in [5.41, 5.74) is 0.147. The van der Waals surface area contributed by atoms with E-state index >= 15 is 0 Å². The lowest BCUT2D eigenvalue weighted by Gasteiger charge is -2.27. The van der Waals surface area contributed by atoms with Gasteiger partial charge in [0.2, 0.25) is 5.91 Å². The number of nitrogens with zero attached hydrogens (tertiary/aromatic N) is 4. The summed E-state index contributed by atoms with van der Waals surface area (Å²) in [7, 11) is 0. The molecule has 2 N–H and O–H groups in total. The summed E-state index contributed by atoms with van der Waals surface area (Å²) < 4.78 is 13.5. The number of benzene rings is 1. The number of rotatable bonds is 4. The normalized spacial score (nSPS) is 23.2. The highest BCUT2D eigenvalue weighted by Gasteiger charge is 2.57. The van der Waals surface area contributed by atoms with Gasteiger partial charge in [0.25, 0.3) is 0 Å². The molecule has 0 spiro atoms. The van der Waals surface area contributed by atoms with E-state index in [0.29, 0.717) is 43.4 Å². The van der Waals surface area contributed by atoms with Crippen molar-refractivity contribution in [2.24, 2.45) is 5.92 Å². The van der Waals surface area contributed by atoms with Gasteiger partial charge < -0.3 is 15.1 Å². The van der Waals surface area contributed by atoms with Gasteiger partial charge in [-0.15, -0.1) is 0 Å². The maximum atomic E-state index is 13.5. The monoisotopic (exact) mass is 414 g/mol. The molecule has 2 atom stereocenters. The second kappa shape index (κ2) is 7.70. The quantitative estimate of drug-likeness (QED) is 0.795. The van der Waals surface area contributed by atoms with E-state index in [-0.39, 0.29) is 36.1 Å². The van der Waals surface area contributed by atoms with Crippen LogP contribution in [0.3, 0.4) is 0 Å². The molecule has 2 saturated heterocycles. The number of H-pyrrole nitrogens is 1. The van der Waals surface area contributed by atoms with Gasteiger partial charge in [-0.3, -0.25) is 9.89 Å². The lowest BCUT2D eigenvalue weighted by Crippen LogP contribution is -2.46. The molecule has 2 aromatic rings. The lowest BCUT2D eigenvalue weighted by molar-refractivity contribution is -0.129. The van der Waals surface area contributed by atoms with Gasteiger partial charge in [0, 0.05) is 38.1 Å². The molecular weight excluding hydrogens is 387 g/mol. The largest absolute Gasteiger partial charge is 0.341 e. The van der Waals surface area contributed by atoms with Gasteiger partial charge in [0.15, 0.2) is 5.82 Å². The Balaban J connectivity index is 1.55. The van der Waals surface area contributed by atoms with Gasteiger partial charge in [-0.1, -0.05) is 12.1 Å².